The van der Waals surface area contributed by atoms with Crippen LogP contribution in [0, 0.1) is 11.8 Å². The van der Waals surface area contributed by atoms with Gasteiger partial charge in [0.05, 0.1) is 32.4 Å². The van der Waals surface area contributed by atoms with Crippen molar-refractivity contribution in [3.63, 3.8) is 0 Å². The van der Waals surface area contributed by atoms with Crippen molar-refractivity contribution in [2.75, 3.05) is 26.4 Å². The summed E-state index contributed by atoms with van der Waals surface area (Å²) >= 11 is 0. The third-order valence-electron chi connectivity index (χ3n) is 4.86. The molecule has 0 radical (unpaired) electrons. The Labute approximate surface area is 181 Å². The summed E-state index contributed by atoms with van der Waals surface area (Å²) in [5, 5.41) is 17.2. The maximum absolute atomic E-state index is 9.74. The van der Waals surface area contributed by atoms with E-state index in [2.05, 4.69) is 27.3 Å². The SMILES string of the molecule is C[C@H](O)c1nccn1Cc1cc(C#Cc2ccc(OCCCNC3COC3)cc2)on1. The Morgan fingerprint density at radius 3 is 2.87 bits per heavy atom. The summed E-state index contributed by atoms with van der Waals surface area (Å²) in [7, 11) is 0. The third kappa shape index (κ3) is 5.95. The van der Waals surface area contributed by atoms with Crippen LogP contribution < -0.4 is 10.1 Å². The lowest BCUT2D eigenvalue weighted by molar-refractivity contribution is -0.00522. The first-order chi connectivity index (χ1) is 15.2. The molecular weight excluding hydrogens is 396 g/mol. The zero-order valence-electron chi connectivity index (χ0n) is 17.5. The predicted molar refractivity (Wildman–Crippen MR) is 114 cm³/mol. The second-order valence-electron chi connectivity index (χ2n) is 7.44. The van der Waals surface area contributed by atoms with Crippen LogP contribution in [-0.2, 0) is 11.3 Å². The van der Waals surface area contributed by atoms with E-state index < -0.39 is 6.10 Å². The molecule has 162 valence electrons. The van der Waals surface area contributed by atoms with E-state index in [9.17, 15) is 5.11 Å². The van der Waals surface area contributed by atoms with Gasteiger partial charge < -0.3 is 29.0 Å². The smallest absolute Gasteiger partial charge is 0.210 e. The Morgan fingerprint density at radius 1 is 1.29 bits per heavy atom. The first kappa shape index (κ1) is 21.1. The summed E-state index contributed by atoms with van der Waals surface area (Å²) < 4.78 is 18.0. The molecule has 0 bridgehead atoms. The van der Waals surface area contributed by atoms with Gasteiger partial charge in [-0.05, 0) is 50.1 Å². The van der Waals surface area contributed by atoms with E-state index in [4.69, 9.17) is 14.0 Å². The number of aromatic nitrogens is 3. The molecule has 2 N–H and O–H groups in total. The third-order valence-corrected chi connectivity index (χ3v) is 4.86. The molecule has 0 aliphatic carbocycles. The second kappa shape index (κ2) is 10.3. The molecule has 0 saturated carbocycles. The molecule has 1 fully saturated rings. The Balaban J connectivity index is 1.25. The zero-order valence-corrected chi connectivity index (χ0v) is 17.5. The topological polar surface area (TPSA) is 94.6 Å². The summed E-state index contributed by atoms with van der Waals surface area (Å²) in [5.74, 6) is 7.96. The summed E-state index contributed by atoms with van der Waals surface area (Å²) in [6.45, 7) is 5.36. The number of rotatable bonds is 9. The maximum atomic E-state index is 9.74. The minimum Gasteiger partial charge on any atom is -0.494 e. The molecule has 8 nitrogen and oxygen atoms in total. The van der Waals surface area contributed by atoms with E-state index in [0.29, 0.717) is 36.5 Å². The van der Waals surface area contributed by atoms with Crippen molar-refractivity contribution < 1.29 is 19.1 Å². The highest BCUT2D eigenvalue weighted by molar-refractivity contribution is 5.41. The molecule has 31 heavy (non-hydrogen) atoms. The van der Waals surface area contributed by atoms with Crippen LogP contribution in [0.25, 0.3) is 0 Å². The van der Waals surface area contributed by atoms with Crippen LogP contribution in [-0.4, -0.2) is 52.2 Å². The number of aliphatic hydroxyl groups is 1. The Morgan fingerprint density at radius 2 is 2.13 bits per heavy atom. The average molecular weight is 422 g/mol. The molecule has 0 spiro atoms. The number of hydrogen-bond donors (Lipinski definition) is 2. The molecule has 3 heterocycles. The molecule has 1 aliphatic heterocycles. The van der Waals surface area contributed by atoms with Gasteiger partial charge in [-0.15, -0.1) is 0 Å². The standard InChI is InChI=1S/C23H26N4O4/c1-17(28)23-25-10-11-27(23)14-19-13-22(31-26-19)8-5-18-3-6-21(7-4-18)30-12-2-9-24-20-15-29-16-20/h3-4,6-7,10-11,13,17,20,24,28H,2,9,12,14-16H2,1H3/t17-/m0/s1. The summed E-state index contributed by atoms with van der Waals surface area (Å²) in [6, 6.07) is 9.97. The van der Waals surface area contributed by atoms with Gasteiger partial charge in [-0.25, -0.2) is 4.98 Å². The molecule has 0 unspecified atom stereocenters. The monoisotopic (exact) mass is 422 g/mol. The van der Waals surface area contributed by atoms with Crippen molar-refractivity contribution in [3.8, 4) is 17.6 Å². The van der Waals surface area contributed by atoms with E-state index in [1.165, 1.54) is 0 Å². The van der Waals surface area contributed by atoms with Crippen molar-refractivity contribution in [1.29, 1.82) is 0 Å². The number of ether oxygens (including phenoxy) is 2. The molecule has 1 saturated heterocycles. The van der Waals surface area contributed by atoms with Crippen molar-refractivity contribution in [1.82, 2.24) is 20.0 Å². The van der Waals surface area contributed by atoms with Gasteiger partial charge >= 0.3 is 0 Å². The summed E-state index contributed by atoms with van der Waals surface area (Å²) in [6.07, 6.45) is 3.75. The first-order valence-electron chi connectivity index (χ1n) is 10.4. The highest BCUT2D eigenvalue weighted by atomic mass is 16.5. The molecule has 0 amide bonds. The number of nitrogens with zero attached hydrogens (tertiary/aromatic N) is 3. The molecule has 1 aromatic carbocycles. The van der Waals surface area contributed by atoms with Crippen LogP contribution in [0.15, 0.2) is 47.2 Å². The minimum absolute atomic E-state index is 0.460. The maximum Gasteiger partial charge on any atom is 0.210 e. The lowest BCUT2D eigenvalue weighted by Gasteiger charge is -2.26. The number of aliphatic hydroxyl groups excluding tert-OH is 1. The first-order valence-corrected chi connectivity index (χ1v) is 10.4. The van der Waals surface area contributed by atoms with E-state index in [-0.39, 0.29) is 0 Å². The van der Waals surface area contributed by atoms with Crippen molar-refractivity contribution in [2.45, 2.75) is 32.0 Å². The lowest BCUT2D eigenvalue weighted by Crippen LogP contribution is -2.46. The largest absolute Gasteiger partial charge is 0.494 e. The zero-order chi connectivity index (χ0) is 21.5. The van der Waals surface area contributed by atoms with E-state index in [1.54, 1.807) is 25.4 Å². The van der Waals surface area contributed by atoms with Crippen LogP contribution in [0.2, 0.25) is 0 Å². The Bertz CT molecular complexity index is 1030. The number of nitrogens with one attached hydrogen (secondary N) is 1. The fraction of sp³-hybridized carbons (Fsp3) is 0.391. The molecule has 8 heteroatoms. The van der Waals surface area contributed by atoms with Crippen LogP contribution >= 0.6 is 0 Å². The van der Waals surface area contributed by atoms with Gasteiger partial charge in [0.15, 0.2) is 0 Å². The van der Waals surface area contributed by atoms with Crippen LogP contribution in [0.1, 0.15) is 42.3 Å². The molecule has 1 atom stereocenters. The van der Waals surface area contributed by atoms with Gasteiger partial charge in [0.1, 0.15) is 23.4 Å². The number of benzene rings is 1. The van der Waals surface area contributed by atoms with Crippen LogP contribution in [0.5, 0.6) is 5.75 Å². The summed E-state index contributed by atoms with van der Waals surface area (Å²) in [5.41, 5.74) is 1.58. The van der Waals surface area contributed by atoms with Gasteiger partial charge in [0.2, 0.25) is 5.76 Å². The van der Waals surface area contributed by atoms with E-state index >= 15 is 0 Å². The number of hydrogen-bond acceptors (Lipinski definition) is 7. The van der Waals surface area contributed by atoms with Crippen LogP contribution in [0.4, 0.5) is 0 Å². The highest BCUT2D eigenvalue weighted by Gasteiger charge is 2.16. The molecule has 4 rings (SSSR count). The average Bonchev–Trinajstić information content (AvgIpc) is 3.38. The molecule has 3 aromatic rings. The van der Waals surface area contributed by atoms with Gasteiger partial charge in [0.25, 0.3) is 0 Å². The van der Waals surface area contributed by atoms with E-state index in [0.717, 1.165) is 37.5 Å². The molecular formula is C23H26N4O4. The Kier molecular flexibility index (Phi) is 6.99. The number of imidazole rings is 1. The normalized spacial score (nSPS) is 14.5. The van der Waals surface area contributed by atoms with Gasteiger partial charge in [-0.1, -0.05) is 11.1 Å². The fourth-order valence-electron chi connectivity index (χ4n) is 3.13. The quantitative estimate of drug-likeness (QED) is 0.403. The fourth-order valence-corrected chi connectivity index (χ4v) is 3.13. The van der Waals surface area contributed by atoms with Gasteiger partial charge in [-0.2, -0.15) is 0 Å². The van der Waals surface area contributed by atoms with Crippen molar-refractivity contribution in [3.05, 3.63) is 65.6 Å². The predicted octanol–water partition coefficient (Wildman–Crippen LogP) is 2.13. The second-order valence-corrected chi connectivity index (χ2v) is 7.44. The van der Waals surface area contributed by atoms with Crippen molar-refractivity contribution >= 4 is 0 Å². The lowest BCUT2D eigenvalue weighted by atomic mass is 10.2. The highest BCUT2D eigenvalue weighted by Crippen LogP contribution is 2.14. The minimum atomic E-state index is -0.646. The van der Waals surface area contributed by atoms with Gasteiger partial charge in [0, 0.05) is 24.0 Å². The molecule has 1 aliphatic rings. The summed E-state index contributed by atoms with van der Waals surface area (Å²) in [4.78, 5) is 4.15. The van der Waals surface area contributed by atoms with E-state index in [1.807, 2.05) is 28.8 Å². The van der Waals surface area contributed by atoms with Crippen LogP contribution in [0.3, 0.4) is 0 Å². The van der Waals surface area contributed by atoms with Gasteiger partial charge in [-0.3, -0.25) is 0 Å². The molecule has 2 aromatic heterocycles. The van der Waals surface area contributed by atoms with Crippen molar-refractivity contribution in [2.24, 2.45) is 0 Å². The Hall–Kier alpha value is -3.12.